The topological polar surface area (TPSA) is 38.0 Å². The van der Waals surface area contributed by atoms with Gasteiger partial charge in [0.25, 0.3) is 0 Å². The summed E-state index contributed by atoms with van der Waals surface area (Å²) < 4.78 is 12.9. The third-order valence-electron chi connectivity index (χ3n) is 2.92. The molecule has 0 aliphatic heterocycles. The van der Waals surface area contributed by atoms with Crippen LogP contribution in [0.4, 0.5) is 10.1 Å². The van der Waals surface area contributed by atoms with Crippen molar-refractivity contribution in [1.82, 2.24) is 0 Å². The number of thiocarbonyl (C=S) groups is 1. The summed E-state index contributed by atoms with van der Waals surface area (Å²) >= 11 is 4.90. The number of nitrogens with two attached hydrogens (primary N) is 1. The molecule has 19 heavy (non-hydrogen) atoms. The van der Waals surface area contributed by atoms with Crippen molar-refractivity contribution < 1.29 is 4.39 Å². The fraction of sp³-hybridized carbons (Fsp3) is 0.133. The summed E-state index contributed by atoms with van der Waals surface area (Å²) in [5, 5.41) is 3.34. The number of nitrogens with one attached hydrogen (secondary N) is 1. The molecule has 0 radical (unpaired) electrons. The van der Waals surface area contributed by atoms with E-state index in [4.69, 9.17) is 18.0 Å². The highest BCUT2D eigenvalue weighted by Gasteiger charge is 2.05. The van der Waals surface area contributed by atoms with Crippen molar-refractivity contribution in [2.75, 3.05) is 5.32 Å². The number of halogens is 1. The van der Waals surface area contributed by atoms with Gasteiger partial charge in [-0.2, -0.15) is 0 Å². The minimum Gasteiger partial charge on any atom is -0.389 e. The number of hydrogen-bond donors (Lipinski definition) is 2. The first-order valence-corrected chi connectivity index (χ1v) is 6.39. The first-order chi connectivity index (χ1) is 9.06. The number of rotatable bonds is 4. The summed E-state index contributed by atoms with van der Waals surface area (Å²) in [5.41, 5.74) is 8.39. The Balaban J connectivity index is 2.08. The van der Waals surface area contributed by atoms with E-state index in [1.807, 2.05) is 31.2 Å². The van der Waals surface area contributed by atoms with Crippen LogP contribution in [0.5, 0.6) is 0 Å². The quantitative estimate of drug-likeness (QED) is 0.836. The summed E-state index contributed by atoms with van der Waals surface area (Å²) in [6.07, 6.45) is 0. The van der Waals surface area contributed by atoms with Crippen molar-refractivity contribution in [1.29, 1.82) is 0 Å². The van der Waals surface area contributed by atoms with Gasteiger partial charge in [0.15, 0.2) is 0 Å². The van der Waals surface area contributed by atoms with Gasteiger partial charge in [0, 0.05) is 17.3 Å². The van der Waals surface area contributed by atoms with Crippen molar-refractivity contribution in [3.8, 4) is 0 Å². The number of hydrogen-bond acceptors (Lipinski definition) is 2. The highest BCUT2D eigenvalue weighted by molar-refractivity contribution is 7.80. The van der Waals surface area contributed by atoms with E-state index in [-0.39, 0.29) is 11.9 Å². The molecule has 98 valence electrons. The summed E-state index contributed by atoms with van der Waals surface area (Å²) in [5.74, 6) is -0.225. The zero-order valence-electron chi connectivity index (χ0n) is 10.6. The van der Waals surface area contributed by atoms with Crippen LogP contribution in [0.2, 0.25) is 0 Å². The average molecular weight is 274 g/mol. The van der Waals surface area contributed by atoms with Gasteiger partial charge in [-0.05, 0) is 48.9 Å². The molecular formula is C15H15FN2S. The molecule has 4 heteroatoms. The van der Waals surface area contributed by atoms with Crippen molar-refractivity contribution in [2.24, 2.45) is 5.73 Å². The van der Waals surface area contributed by atoms with Crippen molar-refractivity contribution >= 4 is 22.9 Å². The van der Waals surface area contributed by atoms with E-state index < -0.39 is 0 Å². The molecule has 0 aliphatic rings. The molecule has 1 atom stereocenters. The van der Waals surface area contributed by atoms with Gasteiger partial charge in [0.05, 0.1) is 0 Å². The van der Waals surface area contributed by atoms with Crippen LogP contribution in [-0.2, 0) is 0 Å². The molecule has 0 saturated carbocycles. The minimum absolute atomic E-state index is 0.0938. The van der Waals surface area contributed by atoms with E-state index >= 15 is 0 Å². The first-order valence-electron chi connectivity index (χ1n) is 5.98. The Morgan fingerprint density at radius 2 is 1.68 bits per heavy atom. The highest BCUT2D eigenvalue weighted by atomic mass is 32.1. The van der Waals surface area contributed by atoms with E-state index in [0.717, 1.165) is 16.8 Å². The predicted octanol–water partition coefficient (Wildman–Crippen LogP) is 3.63. The molecule has 0 amide bonds. The van der Waals surface area contributed by atoms with E-state index in [1.54, 1.807) is 12.1 Å². The number of benzene rings is 2. The zero-order valence-corrected chi connectivity index (χ0v) is 11.4. The van der Waals surface area contributed by atoms with Gasteiger partial charge < -0.3 is 11.1 Å². The van der Waals surface area contributed by atoms with Crippen molar-refractivity contribution in [2.45, 2.75) is 13.0 Å². The summed E-state index contributed by atoms with van der Waals surface area (Å²) in [4.78, 5) is 0.387. The minimum atomic E-state index is -0.225. The van der Waals surface area contributed by atoms with Crippen LogP contribution in [-0.4, -0.2) is 4.99 Å². The molecule has 0 heterocycles. The molecule has 0 aromatic heterocycles. The largest absolute Gasteiger partial charge is 0.389 e. The Kier molecular flexibility index (Phi) is 4.12. The molecule has 2 aromatic rings. The lowest BCUT2D eigenvalue weighted by Crippen LogP contribution is -2.10. The molecule has 0 saturated heterocycles. The summed E-state index contributed by atoms with van der Waals surface area (Å²) in [6, 6.07) is 14.2. The van der Waals surface area contributed by atoms with Crippen LogP contribution >= 0.6 is 12.2 Å². The average Bonchev–Trinajstić information content (AvgIpc) is 2.40. The standard InChI is InChI=1S/C15H15FN2S/c1-10(11-2-6-13(16)7-3-11)18-14-8-4-12(5-9-14)15(17)19/h2-10,18H,1H3,(H2,17,19). The smallest absolute Gasteiger partial charge is 0.123 e. The Hall–Kier alpha value is -1.94. The van der Waals surface area contributed by atoms with Crippen LogP contribution in [0, 0.1) is 5.82 Å². The Bertz CT molecular complexity index is 564. The highest BCUT2D eigenvalue weighted by Crippen LogP contribution is 2.19. The lowest BCUT2D eigenvalue weighted by Gasteiger charge is -2.16. The van der Waals surface area contributed by atoms with Gasteiger partial charge in [-0.3, -0.25) is 0 Å². The zero-order chi connectivity index (χ0) is 13.8. The Labute approximate surface area is 117 Å². The van der Waals surface area contributed by atoms with Crippen LogP contribution in [0.1, 0.15) is 24.1 Å². The maximum Gasteiger partial charge on any atom is 0.123 e. The first kappa shape index (κ1) is 13.5. The third-order valence-corrected chi connectivity index (χ3v) is 3.16. The maximum atomic E-state index is 12.9. The second-order valence-corrected chi connectivity index (χ2v) is 4.80. The molecule has 1 unspecified atom stereocenters. The lowest BCUT2D eigenvalue weighted by molar-refractivity contribution is 0.626. The van der Waals surface area contributed by atoms with E-state index in [9.17, 15) is 4.39 Å². The van der Waals surface area contributed by atoms with E-state index in [1.165, 1.54) is 12.1 Å². The lowest BCUT2D eigenvalue weighted by atomic mass is 10.1. The second-order valence-electron chi connectivity index (χ2n) is 4.36. The molecule has 0 aliphatic carbocycles. The van der Waals surface area contributed by atoms with Crippen LogP contribution in [0.3, 0.4) is 0 Å². The van der Waals surface area contributed by atoms with E-state index in [2.05, 4.69) is 5.32 Å². The molecule has 0 spiro atoms. The van der Waals surface area contributed by atoms with Gasteiger partial charge >= 0.3 is 0 Å². The SMILES string of the molecule is CC(Nc1ccc(C(N)=S)cc1)c1ccc(F)cc1. The molecule has 3 N–H and O–H groups in total. The molecule has 2 nitrogen and oxygen atoms in total. The van der Waals surface area contributed by atoms with Crippen molar-refractivity contribution in [3.05, 3.63) is 65.5 Å². The fourth-order valence-corrected chi connectivity index (χ4v) is 1.95. The van der Waals surface area contributed by atoms with Gasteiger partial charge in [-0.15, -0.1) is 0 Å². The molecule has 0 fully saturated rings. The van der Waals surface area contributed by atoms with Crippen molar-refractivity contribution in [3.63, 3.8) is 0 Å². The van der Waals surface area contributed by atoms with Crippen LogP contribution in [0.15, 0.2) is 48.5 Å². The number of anilines is 1. The third kappa shape index (κ3) is 3.51. The maximum absolute atomic E-state index is 12.9. The van der Waals surface area contributed by atoms with E-state index in [0.29, 0.717) is 4.99 Å². The molecule has 0 bridgehead atoms. The molecule has 2 aromatic carbocycles. The summed E-state index contributed by atoms with van der Waals surface area (Å²) in [7, 11) is 0. The van der Waals surface area contributed by atoms with Crippen LogP contribution in [0.25, 0.3) is 0 Å². The van der Waals surface area contributed by atoms with Gasteiger partial charge in [0.1, 0.15) is 10.8 Å². The van der Waals surface area contributed by atoms with Gasteiger partial charge in [-0.1, -0.05) is 24.4 Å². The Morgan fingerprint density at radius 3 is 2.21 bits per heavy atom. The Morgan fingerprint density at radius 1 is 1.11 bits per heavy atom. The molecular weight excluding hydrogens is 259 g/mol. The second kappa shape index (κ2) is 5.80. The van der Waals surface area contributed by atoms with Gasteiger partial charge in [0.2, 0.25) is 0 Å². The van der Waals surface area contributed by atoms with Gasteiger partial charge in [-0.25, -0.2) is 4.39 Å². The van der Waals surface area contributed by atoms with Crippen LogP contribution < -0.4 is 11.1 Å². The monoisotopic (exact) mass is 274 g/mol. The predicted molar refractivity (Wildman–Crippen MR) is 80.8 cm³/mol. The molecule has 2 rings (SSSR count). The normalized spacial score (nSPS) is 11.9. The summed E-state index contributed by atoms with van der Waals surface area (Å²) in [6.45, 7) is 2.02. The fourth-order valence-electron chi connectivity index (χ4n) is 1.82.